The van der Waals surface area contributed by atoms with Gasteiger partial charge in [0, 0.05) is 18.1 Å². The lowest BCUT2D eigenvalue weighted by Crippen LogP contribution is -2.55. The molecule has 2 aromatic rings. The first-order valence-electron chi connectivity index (χ1n) is 8.09. The summed E-state index contributed by atoms with van der Waals surface area (Å²) in [7, 11) is 2.22. The molecule has 1 aromatic carbocycles. The van der Waals surface area contributed by atoms with Gasteiger partial charge in [0.2, 0.25) is 0 Å². The number of carbonyl (C=O) groups is 1. The lowest BCUT2D eigenvalue weighted by molar-refractivity contribution is 0.0461. The quantitative estimate of drug-likeness (QED) is 0.926. The highest BCUT2D eigenvalue weighted by molar-refractivity contribution is 6.04. The van der Waals surface area contributed by atoms with E-state index in [9.17, 15) is 4.79 Å². The van der Waals surface area contributed by atoms with Crippen LogP contribution in [0.2, 0.25) is 0 Å². The van der Waals surface area contributed by atoms with Crippen LogP contribution in [0.1, 0.15) is 42.6 Å². The van der Waals surface area contributed by atoms with Gasteiger partial charge in [-0.25, -0.2) is 0 Å². The van der Waals surface area contributed by atoms with Crippen molar-refractivity contribution in [3.63, 3.8) is 0 Å². The van der Waals surface area contributed by atoms with Crippen molar-refractivity contribution < 1.29 is 9.32 Å². The van der Waals surface area contributed by atoms with Gasteiger partial charge in [0.1, 0.15) is 0 Å². The molecule has 22 heavy (non-hydrogen) atoms. The van der Waals surface area contributed by atoms with E-state index in [-0.39, 0.29) is 11.9 Å². The van der Waals surface area contributed by atoms with Crippen LogP contribution < -0.4 is 5.32 Å². The molecule has 2 aliphatic heterocycles. The molecule has 2 unspecified atom stereocenters. The van der Waals surface area contributed by atoms with E-state index in [1.165, 1.54) is 19.3 Å². The van der Waals surface area contributed by atoms with Crippen LogP contribution in [0, 0.1) is 0 Å². The molecule has 0 aliphatic carbocycles. The Labute approximate surface area is 129 Å². The molecular weight excluding hydrogens is 278 g/mol. The lowest BCUT2D eigenvalue weighted by Gasteiger charge is -2.47. The maximum absolute atomic E-state index is 12.5. The Morgan fingerprint density at radius 2 is 2.00 bits per heavy atom. The topological polar surface area (TPSA) is 58.4 Å². The third-order valence-electron chi connectivity index (χ3n) is 5.27. The summed E-state index contributed by atoms with van der Waals surface area (Å²) in [6.45, 7) is 0. The van der Waals surface area contributed by atoms with E-state index in [1.54, 1.807) is 0 Å². The number of para-hydroxylation sites is 1. The van der Waals surface area contributed by atoms with Gasteiger partial charge in [-0.2, -0.15) is 0 Å². The van der Waals surface area contributed by atoms with E-state index in [0.29, 0.717) is 23.4 Å². The maximum Gasteiger partial charge on any atom is 0.274 e. The average molecular weight is 299 g/mol. The lowest BCUT2D eigenvalue weighted by atomic mass is 9.82. The van der Waals surface area contributed by atoms with Gasteiger partial charge >= 0.3 is 0 Å². The minimum atomic E-state index is -0.113. The zero-order chi connectivity index (χ0) is 15.1. The molecule has 0 saturated carbocycles. The van der Waals surface area contributed by atoms with Crippen LogP contribution in [-0.2, 0) is 0 Å². The summed E-state index contributed by atoms with van der Waals surface area (Å²) >= 11 is 0. The monoisotopic (exact) mass is 299 g/mol. The van der Waals surface area contributed by atoms with Crippen LogP contribution in [0.25, 0.3) is 11.0 Å². The van der Waals surface area contributed by atoms with Gasteiger partial charge in [0.05, 0.1) is 5.39 Å². The Kier molecular flexibility index (Phi) is 3.37. The second-order valence-corrected chi connectivity index (χ2v) is 6.57. The van der Waals surface area contributed by atoms with E-state index >= 15 is 0 Å². The van der Waals surface area contributed by atoms with Crippen molar-refractivity contribution in [2.45, 2.75) is 50.2 Å². The zero-order valence-corrected chi connectivity index (χ0v) is 12.8. The predicted molar refractivity (Wildman–Crippen MR) is 83.7 cm³/mol. The first-order valence-corrected chi connectivity index (χ1v) is 8.09. The largest absolute Gasteiger partial charge is 0.355 e. The van der Waals surface area contributed by atoms with Gasteiger partial charge in [0.25, 0.3) is 5.91 Å². The number of nitrogens with one attached hydrogen (secondary N) is 1. The summed E-state index contributed by atoms with van der Waals surface area (Å²) in [4.78, 5) is 15.0. The van der Waals surface area contributed by atoms with E-state index < -0.39 is 0 Å². The first kappa shape index (κ1) is 13.8. The second-order valence-electron chi connectivity index (χ2n) is 6.57. The van der Waals surface area contributed by atoms with Crippen molar-refractivity contribution in [3.8, 4) is 0 Å². The number of hydrogen-bond donors (Lipinski definition) is 1. The van der Waals surface area contributed by atoms with Crippen molar-refractivity contribution in [3.05, 3.63) is 30.0 Å². The number of aromatic nitrogens is 1. The number of benzene rings is 1. The maximum atomic E-state index is 12.5. The molecule has 3 heterocycles. The number of rotatable bonds is 2. The Morgan fingerprint density at radius 1 is 1.27 bits per heavy atom. The van der Waals surface area contributed by atoms with Gasteiger partial charge in [-0.3, -0.25) is 4.79 Å². The normalized spacial score (nSPS) is 28.7. The summed E-state index contributed by atoms with van der Waals surface area (Å²) in [6, 6.07) is 8.94. The number of piperidine rings is 2. The number of amides is 1. The molecule has 0 radical (unpaired) electrons. The molecule has 0 spiro atoms. The summed E-state index contributed by atoms with van der Waals surface area (Å²) in [6.07, 6.45) is 5.87. The molecule has 2 fully saturated rings. The van der Waals surface area contributed by atoms with Crippen molar-refractivity contribution in [2.75, 3.05) is 7.05 Å². The third-order valence-corrected chi connectivity index (χ3v) is 5.27. The standard InChI is InChI=1S/C17H21N3O2/c1-20-12-5-4-6-13(20)10-11(9-12)18-17(21)16-14-7-2-3-8-15(14)22-19-16/h2-3,7-8,11-13H,4-6,9-10H2,1H3,(H,18,21). The fourth-order valence-electron chi connectivity index (χ4n) is 4.04. The molecule has 2 saturated heterocycles. The Bertz CT molecular complexity index is 682. The molecule has 2 atom stereocenters. The predicted octanol–water partition coefficient (Wildman–Crippen LogP) is 2.57. The van der Waals surface area contributed by atoms with Gasteiger partial charge in [-0.15, -0.1) is 0 Å². The highest BCUT2D eigenvalue weighted by atomic mass is 16.5. The number of hydrogen-bond acceptors (Lipinski definition) is 4. The van der Waals surface area contributed by atoms with Gasteiger partial charge in [-0.05, 0) is 44.9 Å². The summed E-state index contributed by atoms with van der Waals surface area (Å²) < 4.78 is 5.23. The summed E-state index contributed by atoms with van der Waals surface area (Å²) in [5.74, 6) is -0.113. The van der Waals surface area contributed by atoms with Crippen LogP contribution in [0.3, 0.4) is 0 Å². The molecule has 1 aromatic heterocycles. The zero-order valence-electron chi connectivity index (χ0n) is 12.8. The Hall–Kier alpha value is -1.88. The highest BCUT2D eigenvalue weighted by Gasteiger charge is 2.36. The van der Waals surface area contributed by atoms with E-state index in [2.05, 4.69) is 22.4 Å². The second kappa shape index (κ2) is 5.39. The summed E-state index contributed by atoms with van der Waals surface area (Å²) in [5, 5.41) is 7.91. The first-order chi connectivity index (χ1) is 10.7. The third kappa shape index (κ3) is 2.29. The Morgan fingerprint density at radius 3 is 2.77 bits per heavy atom. The van der Waals surface area contributed by atoms with Crippen LogP contribution in [0.5, 0.6) is 0 Å². The van der Waals surface area contributed by atoms with Crippen LogP contribution in [-0.4, -0.2) is 41.1 Å². The van der Waals surface area contributed by atoms with E-state index in [0.717, 1.165) is 18.2 Å². The van der Waals surface area contributed by atoms with Crippen LogP contribution >= 0.6 is 0 Å². The van der Waals surface area contributed by atoms with Crippen molar-refractivity contribution >= 4 is 16.9 Å². The molecule has 1 amide bonds. The van der Waals surface area contributed by atoms with Gasteiger partial charge in [-0.1, -0.05) is 23.7 Å². The molecule has 1 N–H and O–H groups in total. The molecule has 5 nitrogen and oxygen atoms in total. The SMILES string of the molecule is CN1C2CCCC1CC(NC(=O)c1noc3ccccc13)C2. The van der Waals surface area contributed by atoms with E-state index in [4.69, 9.17) is 4.52 Å². The smallest absolute Gasteiger partial charge is 0.274 e. The fourth-order valence-corrected chi connectivity index (χ4v) is 4.04. The molecule has 2 aliphatic rings. The van der Waals surface area contributed by atoms with Crippen molar-refractivity contribution in [2.24, 2.45) is 0 Å². The van der Waals surface area contributed by atoms with Gasteiger partial charge in [0.15, 0.2) is 11.3 Å². The fraction of sp³-hybridized carbons (Fsp3) is 0.529. The van der Waals surface area contributed by atoms with Crippen LogP contribution in [0.15, 0.2) is 28.8 Å². The minimum absolute atomic E-state index is 0.113. The van der Waals surface area contributed by atoms with Crippen molar-refractivity contribution in [1.82, 2.24) is 15.4 Å². The summed E-state index contributed by atoms with van der Waals surface area (Å²) in [5.41, 5.74) is 1.06. The molecule has 4 rings (SSSR count). The highest BCUT2D eigenvalue weighted by Crippen LogP contribution is 2.32. The van der Waals surface area contributed by atoms with Crippen LogP contribution in [0.4, 0.5) is 0 Å². The number of fused-ring (bicyclic) bond motifs is 3. The van der Waals surface area contributed by atoms with Gasteiger partial charge < -0.3 is 14.7 Å². The Balaban J connectivity index is 1.50. The molecule has 2 bridgehead atoms. The molecular formula is C17H21N3O2. The molecule has 5 heteroatoms. The van der Waals surface area contributed by atoms with Crippen molar-refractivity contribution in [1.29, 1.82) is 0 Å². The number of nitrogens with zero attached hydrogens (tertiary/aromatic N) is 2. The number of carbonyl (C=O) groups excluding carboxylic acids is 1. The minimum Gasteiger partial charge on any atom is -0.355 e. The average Bonchev–Trinajstić information content (AvgIpc) is 2.92. The van der Waals surface area contributed by atoms with E-state index in [1.807, 2.05) is 24.3 Å². The molecule has 116 valence electrons.